The van der Waals surface area contributed by atoms with Crippen LogP contribution in [0.5, 0.6) is 0 Å². The van der Waals surface area contributed by atoms with Gasteiger partial charge in [0, 0.05) is 31.4 Å². The molecule has 1 rings (SSSR count). The summed E-state index contributed by atoms with van der Waals surface area (Å²) in [7, 11) is 0. The summed E-state index contributed by atoms with van der Waals surface area (Å²) < 4.78 is 0. The highest BCUT2D eigenvalue weighted by Crippen LogP contribution is 1.94. The van der Waals surface area contributed by atoms with Crippen molar-refractivity contribution < 1.29 is 9.59 Å². The van der Waals surface area contributed by atoms with E-state index in [2.05, 4.69) is 15.6 Å². The molecule has 0 saturated heterocycles. The molecule has 2 N–H and O–H groups in total. The van der Waals surface area contributed by atoms with E-state index in [1.165, 1.54) is 6.20 Å². The van der Waals surface area contributed by atoms with Crippen molar-refractivity contribution in [3.63, 3.8) is 0 Å². The molecular formula is C12H17N3O2. The van der Waals surface area contributed by atoms with E-state index in [0.29, 0.717) is 12.1 Å². The summed E-state index contributed by atoms with van der Waals surface area (Å²) in [4.78, 5) is 26.7. The van der Waals surface area contributed by atoms with E-state index in [0.717, 1.165) is 0 Å². The standard InChI is InChI=1S/C12H17N3O2/c1-9(2)15-11(16)5-7-14-12(17)10-4-3-6-13-8-10/h3-4,6,8-9H,5,7H2,1-2H3,(H,14,17)(H,15,16). The van der Waals surface area contributed by atoms with Crippen molar-refractivity contribution in [3.05, 3.63) is 30.1 Å². The van der Waals surface area contributed by atoms with Crippen molar-refractivity contribution in [2.75, 3.05) is 6.54 Å². The van der Waals surface area contributed by atoms with E-state index in [9.17, 15) is 9.59 Å². The number of amides is 2. The molecule has 0 aliphatic rings. The number of nitrogens with zero attached hydrogens (tertiary/aromatic N) is 1. The second kappa shape index (κ2) is 6.62. The molecular weight excluding hydrogens is 218 g/mol. The second-order valence-electron chi connectivity index (χ2n) is 3.97. The van der Waals surface area contributed by atoms with Crippen molar-refractivity contribution in [3.8, 4) is 0 Å². The molecule has 2 amide bonds. The lowest BCUT2D eigenvalue weighted by Gasteiger charge is -2.08. The second-order valence-corrected chi connectivity index (χ2v) is 3.97. The molecule has 0 atom stereocenters. The highest BCUT2D eigenvalue weighted by Gasteiger charge is 2.06. The third-order valence-corrected chi connectivity index (χ3v) is 2.01. The third-order valence-electron chi connectivity index (χ3n) is 2.01. The van der Waals surface area contributed by atoms with Gasteiger partial charge in [0.25, 0.3) is 5.91 Å². The van der Waals surface area contributed by atoms with Crippen LogP contribution in [0.25, 0.3) is 0 Å². The Morgan fingerprint density at radius 2 is 2.18 bits per heavy atom. The Bertz CT molecular complexity index is 377. The minimum Gasteiger partial charge on any atom is -0.354 e. The fraction of sp³-hybridized carbons (Fsp3) is 0.417. The summed E-state index contributed by atoms with van der Waals surface area (Å²) in [5.74, 6) is -0.276. The zero-order chi connectivity index (χ0) is 12.7. The SMILES string of the molecule is CC(C)NC(=O)CCNC(=O)c1cccnc1. The number of carbonyl (C=O) groups is 2. The Balaban J connectivity index is 2.28. The van der Waals surface area contributed by atoms with Gasteiger partial charge in [0.1, 0.15) is 0 Å². The molecule has 0 aliphatic carbocycles. The van der Waals surface area contributed by atoms with Crippen molar-refractivity contribution in [2.45, 2.75) is 26.3 Å². The molecule has 5 heteroatoms. The van der Waals surface area contributed by atoms with Gasteiger partial charge in [-0.1, -0.05) is 0 Å². The minimum absolute atomic E-state index is 0.0634. The van der Waals surface area contributed by atoms with E-state index in [1.807, 2.05) is 13.8 Å². The van der Waals surface area contributed by atoms with Crippen LogP contribution in [0.1, 0.15) is 30.6 Å². The molecule has 92 valence electrons. The van der Waals surface area contributed by atoms with Crippen molar-refractivity contribution >= 4 is 11.8 Å². The fourth-order valence-corrected chi connectivity index (χ4v) is 1.28. The molecule has 0 aromatic carbocycles. The van der Waals surface area contributed by atoms with Crippen molar-refractivity contribution in [2.24, 2.45) is 0 Å². The number of hydrogen-bond acceptors (Lipinski definition) is 3. The Morgan fingerprint density at radius 1 is 1.41 bits per heavy atom. The van der Waals surface area contributed by atoms with Gasteiger partial charge in [0.05, 0.1) is 5.56 Å². The van der Waals surface area contributed by atoms with E-state index >= 15 is 0 Å². The largest absolute Gasteiger partial charge is 0.354 e. The van der Waals surface area contributed by atoms with Gasteiger partial charge < -0.3 is 10.6 Å². The van der Waals surface area contributed by atoms with Gasteiger partial charge in [-0.3, -0.25) is 14.6 Å². The van der Waals surface area contributed by atoms with Gasteiger partial charge >= 0.3 is 0 Å². The zero-order valence-electron chi connectivity index (χ0n) is 10.1. The average Bonchev–Trinajstić information content (AvgIpc) is 2.29. The van der Waals surface area contributed by atoms with Gasteiger partial charge in [0.2, 0.25) is 5.91 Å². The molecule has 5 nitrogen and oxygen atoms in total. The topological polar surface area (TPSA) is 71.1 Å². The van der Waals surface area contributed by atoms with Gasteiger partial charge in [-0.05, 0) is 26.0 Å². The maximum Gasteiger partial charge on any atom is 0.252 e. The first-order valence-corrected chi connectivity index (χ1v) is 5.57. The Morgan fingerprint density at radius 3 is 2.76 bits per heavy atom. The monoisotopic (exact) mass is 235 g/mol. The summed E-state index contributed by atoms with van der Waals surface area (Å²) >= 11 is 0. The van der Waals surface area contributed by atoms with Crippen LogP contribution >= 0.6 is 0 Å². The summed E-state index contributed by atoms with van der Waals surface area (Å²) in [6.07, 6.45) is 3.38. The Labute approximate surface area is 101 Å². The molecule has 17 heavy (non-hydrogen) atoms. The lowest BCUT2D eigenvalue weighted by molar-refractivity contribution is -0.121. The molecule has 0 aliphatic heterocycles. The highest BCUT2D eigenvalue weighted by atomic mass is 16.2. The third kappa shape index (κ3) is 5.10. The number of nitrogens with one attached hydrogen (secondary N) is 2. The normalized spacial score (nSPS) is 10.1. The number of rotatable bonds is 5. The van der Waals surface area contributed by atoms with E-state index in [1.54, 1.807) is 18.3 Å². The first kappa shape index (κ1) is 13.2. The maximum atomic E-state index is 11.6. The van der Waals surface area contributed by atoms with Crippen LogP contribution in [0.15, 0.2) is 24.5 Å². The highest BCUT2D eigenvalue weighted by molar-refractivity contribution is 5.94. The molecule has 0 fully saturated rings. The molecule has 0 spiro atoms. The number of aromatic nitrogens is 1. The Hall–Kier alpha value is -1.91. The van der Waals surface area contributed by atoms with Gasteiger partial charge in [-0.25, -0.2) is 0 Å². The van der Waals surface area contributed by atoms with E-state index < -0.39 is 0 Å². The van der Waals surface area contributed by atoms with Gasteiger partial charge in [-0.2, -0.15) is 0 Å². The summed E-state index contributed by atoms with van der Waals surface area (Å²) in [6.45, 7) is 4.12. The van der Waals surface area contributed by atoms with E-state index in [-0.39, 0.29) is 24.3 Å². The van der Waals surface area contributed by atoms with Crippen LogP contribution in [-0.4, -0.2) is 29.4 Å². The van der Waals surface area contributed by atoms with Crippen LogP contribution in [0.3, 0.4) is 0 Å². The summed E-state index contributed by atoms with van der Waals surface area (Å²) in [5.41, 5.74) is 0.497. The number of hydrogen-bond donors (Lipinski definition) is 2. The summed E-state index contributed by atoms with van der Waals surface area (Å²) in [5, 5.41) is 5.42. The van der Waals surface area contributed by atoms with E-state index in [4.69, 9.17) is 0 Å². The molecule has 1 aromatic rings. The summed E-state index contributed by atoms with van der Waals surface area (Å²) in [6, 6.07) is 3.49. The molecule has 0 unspecified atom stereocenters. The van der Waals surface area contributed by atoms with Crippen molar-refractivity contribution in [1.29, 1.82) is 0 Å². The lowest BCUT2D eigenvalue weighted by atomic mass is 10.2. The average molecular weight is 235 g/mol. The van der Waals surface area contributed by atoms with Crippen LogP contribution < -0.4 is 10.6 Å². The fourth-order valence-electron chi connectivity index (χ4n) is 1.28. The molecule has 0 radical (unpaired) electrons. The van der Waals surface area contributed by atoms with Crippen LogP contribution in [0.4, 0.5) is 0 Å². The maximum absolute atomic E-state index is 11.6. The number of carbonyl (C=O) groups excluding carboxylic acids is 2. The van der Waals surface area contributed by atoms with Crippen LogP contribution in [0, 0.1) is 0 Å². The molecule has 1 heterocycles. The number of pyridine rings is 1. The Kier molecular flexibility index (Phi) is 5.13. The van der Waals surface area contributed by atoms with Crippen LogP contribution in [0.2, 0.25) is 0 Å². The molecule has 1 aromatic heterocycles. The van der Waals surface area contributed by atoms with Crippen LogP contribution in [-0.2, 0) is 4.79 Å². The minimum atomic E-state index is -0.213. The molecule has 0 bridgehead atoms. The quantitative estimate of drug-likeness (QED) is 0.790. The predicted molar refractivity (Wildman–Crippen MR) is 64.5 cm³/mol. The smallest absolute Gasteiger partial charge is 0.252 e. The predicted octanol–water partition coefficient (Wildman–Crippen LogP) is 0.726. The van der Waals surface area contributed by atoms with Gasteiger partial charge in [-0.15, -0.1) is 0 Å². The van der Waals surface area contributed by atoms with Crippen molar-refractivity contribution in [1.82, 2.24) is 15.6 Å². The first-order chi connectivity index (χ1) is 8.09. The first-order valence-electron chi connectivity index (χ1n) is 5.57. The zero-order valence-corrected chi connectivity index (χ0v) is 10.1. The lowest BCUT2D eigenvalue weighted by Crippen LogP contribution is -2.34. The van der Waals surface area contributed by atoms with Gasteiger partial charge in [0.15, 0.2) is 0 Å². The molecule has 0 saturated carbocycles.